The summed E-state index contributed by atoms with van der Waals surface area (Å²) in [5.74, 6) is 0. The number of halogens is 2. The third-order valence-electron chi connectivity index (χ3n) is 3.03. The van der Waals surface area contributed by atoms with Crippen molar-refractivity contribution in [2.75, 3.05) is 5.32 Å². The van der Waals surface area contributed by atoms with Crippen LogP contribution < -0.4 is 5.32 Å². The van der Waals surface area contributed by atoms with E-state index in [-0.39, 0.29) is 0 Å². The SMILES string of the molecule is Clc1ncc(NCc2ccc(-n3ccnc3)cc2)cc1Br. The average molecular weight is 364 g/mol. The Morgan fingerprint density at radius 3 is 2.71 bits per heavy atom. The number of nitrogens with zero attached hydrogens (tertiary/aromatic N) is 3. The Balaban J connectivity index is 1.66. The van der Waals surface area contributed by atoms with E-state index in [2.05, 4.69) is 55.5 Å². The molecule has 0 atom stereocenters. The van der Waals surface area contributed by atoms with Crippen LogP contribution in [0, 0.1) is 0 Å². The van der Waals surface area contributed by atoms with Crippen LogP contribution in [0.25, 0.3) is 5.69 Å². The van der Waals surface area contributed by atoms with Crippen molar-refractivity contribution in [1.82, 2.24) is 14.5 Å². The molecule has 21 heavy (non-hydrogen) atoms. The summed E-state index contributed by atoms with van der Waals surface area (Å²) in [6.45, 7) is 0.722. The summed E-state index contributed by atoms with van der Waals surface area (Å²) in [6.07, 6.45) is 7.18. The first-order valence-electron chi connectivity index (χ1n) is 6.34. The molecule has 0 aliphatic rings. The number of anilines is 1. The van der Waals surface area contributed by atoms with Crippen molar-refractivity contribution in [3.05, 3.63) is 70.4 Å². The molecule has 0 fully saturated rings. The maximum absolute atomic E-state index is 5.87. The summed E-state index contributed by atoms with van der Waals surface area (Å²) in [4.78, 5) is 8.13. The predicted octanol–water partition coefficient (Wildman–Crippen LogP) is 4.30. The number of aromatic nitrogens is 3. The zero-order chi connectivity index (χ0) is 14.7. The Morgan fingerprint density at radius 2 is 2.05 bits per heavy atom. The van der Waals surface area contributed by atoms with E-state index in [9.17, 15) is 0 Å². The lowest BCUT2D eigenvalue weighted by molar-refractivity contribution is 1.05. The predicted molar refractivity (Wildman–Crippen MR) is 87.8 cm³/mol. The van der Waals surface area contributed by atoms with Gasteiger partial charge in [0, 0.05) is 24.6 Å². The third kappa shape index (κ3) is 3.43. The Morgan fingerprint density at radius 1 is 1.24 bits per heavy atom. The van der Waals surface area contributed by atoms with Crippen LogP contribution in [0.3, 0.4) is 0 Å². The van der Waals surface area contributed by atoms with E-state index in [0.717, 1.165) is 22.4 Å². The molecule has 0 spiro atoms. The molecule has 0 saturated carbocycles. The van der Waals surface area contributed by atoms with Gasteiger partial charge in [0.25, 0.3) is 0 Å². The normalized spacial score (nSPS) is 10.6. The van der Waals surface area contributed by atoms with E-state index in [1.54, 1.807) is 18.7 Å². The molecule has 0 saturated heterocycles. The van der Waals surface area contributed by atoms with Gasteiger partial charge in [-0.05, 0) is 39.7 Å². The molecule has 0 aliphatic carbocycles. The molecule has 2 heterocycles. The minimum absolute atomic E-state index is 0.463. The minimum atomic E-state index is 0.463. The molecular weight excluding hydrogens is 352 g/mol. The summed E-state index contributed by atoms with van der Waals surface area (Å²) in [7, 11) is 0. The fraction of sp³-hybridized carbons (Fsp3) is 0.0667. The number of pyridine rings is 1. The zero-order valence-corrected chi connectivity index (χ0v) is 13.3. The molecule has 1 aromatic carbocycles. The largest absolute Gasteiger partial charge is 0.380 e. The molecule has 0 aliphatic heterocycles. The highest BCUT2D eigenvalue weighted by Gasteiger charge is 2.01. The lowest BCUT2D eigenvalue weighted by atomic mass is 10.2. The Hall–Kier alpha value is -1.85. The van der Waals surface area contributed by atoms with Crippen LogP contribution in [0.15, 0.2) is 59.7 Å². The number of hydrogen-bond acceptors (Lipinski definition) is 3. The maximum atomic E-state index is 5.87. The number of rotatable bonds is 4. The van der Waals surface area contributed by atoms with Gasteiger partial charge in [-0.25, -0.2) is 9.97 Å². The average Bonchev–Trinajstić information content (AvgIpc) is 3.03. The van der Waals surface area contributed by atoms with E-state index in [1.807, 2.05) is 16.8 Å². The highest BCUT2D eigenvalue weighted by atomic mass is 79.9. The molecule has 0 bridgehead atoms. The van der Waals surface area contributed by atoms with Crippen molar-refractivity contribution in [1.29, 1.82) is 0 Å². The Kier molecular flexibility index (Phi) is 4.22. The van der Waals surface area contributed by atoms with Crippen molar-refractivity contribution < 1.29 is 0 Å². The molecule has 3 aromatic rings. The van der Waals surface area contributed by atoms with Gasteiger partial charge in [0.2, 0.25) is 0 Å². The zero-order valence-electron chi connectivity index (χ0n) is 11.0. The maximum Gasteiger partial charge on any atom is 0.143 e. The fourth-order valence-corrected chi connectivity index (χ4v) is 2.37. The van der Waals surface area contributed by atoms with E-state index in [4.69, 9.17) is 11.6 Å². The van der Waals surface area contributed by atoms with Crippen LogP contribution in [0.1, 0.15) is 5.56 Å². The van der Waals surface area contributed by atoms with Crippen molar-refractivity contribution in [3.8, 4) is 5.69 Å². The lowest BCUT2D eigenvalue weighted by Gasteiger charge is -2.08. The third-order valence-corrected chi connectivity index (χ3v) is 4.17. The molecule has 6 heteroatoms. The topological polar surface area (TPSA) is 42.7 Å². The first-order chi connectivity index (χ1) is 10.2. The van der Waals surface area contributed by atoms with Crippen LogP contribution in [0.5, 0.6) is 0 Å². The van der Waals surface area contributed by atoms with Gasteiger partial charge >= 0.3 is 0 Å². The Bertz CT molecular complexity index is 726. The molecule has 4 nitrogen and oxygen atoms in total. The summed E-state index contributed by atoms with van der Waals surface area (Å²) >= 11 is 9.23. The van der Waals surface area contributed by atoms with Crippen LogP contribution in [0.4, 0.5) is 5.69 Å². The summed E-state index contributed by atoms with van der Waals surface area (Å²) < 4.78 is 2.75. The van der Waals surface area contributed by atoms with Crippen molar-refractivity contribution >= 4 is 33.2 Å². The second-order valence-electron chi connectivity index (χ2n) is 4.49. The summed E-state index contributed by atoms with van der Waals surface area (Å²) in [5, 5.41) is 3.78. The molecule has 0 radical (unpaired) electrons. The number of benzene rings is 1. The van der Waals surface area contributed by atoms with Crippen LogP contribution >= 0.6 is 27.5 Å². The molecule has 3 rings (SSSR count). The van der Waals surface area contributed by atoms with Gasteiger partial charge < -0.3 is 9.88 Å². The molecule has 0 unspecified atom stereocenters. The summed E-state index contributed by atoms with van der Waals surface area (Å²) in [6, 6.07) is 10.2. The molecular formula is C15H12BrClN4. The number of hydrogen-bond donors (Lipinski definition) is 1. The quantitative estimate of drug-likeness (QED) is 0.703. The van der Waals surface area contributed by atoms with Crippen LogP contribution in [0.2, 0.25) is 5.15 Å². The van der Waals surface area contributed by atoms with E-state index in [1.165, 1.54) is 5.56 Å². The fourth-order valence-electron chi connectivity index (χ4n) is 1.92. The van der Waals surface area contributed by atoms with E-state index >= 15 is 0 Å². The number of nitrogens with one attached hydrogen (secondary N) is 1. The molecule has 106 valence electrons. The second kappa shape index (κ2) is 6.28. The van der Waals surface area contributed by atoms with Crippen molar-refractivity contribution in [2.45, 2.75) is 6.54 Å². The van der Waals surface area contributed by atoms with Gasteiger partial charge in [-0.15, -0.1) is 0 Å². The highest BCUT2D eigenvalue weighted by molar-refractivity contribution is 9.10. The molecule has 2 aromatic heterocycles. The summed E-state index contributed by atoms with van der Waals surface area (Å²) in [5.41, 5.74) is 3.20. The first-order valence-corrected chi connectivity index (χ1v) is 7.51. The van der Waals surface area contributed by atoms with Crippen LogP contribution in [-0.2, 0) is 6.54 Å². The standard InChI is InChI=1S/C15H12BrClN4/c16-14-7-12(9-20-15(14)17)19-8-11-1-3-13(4-2-11)21-6-5-18-10-21/h1-7,9-10,19H,8H2. The van der Waals surface area contributed by atoms with Gasteiger partial charge in [0.05, 0.1) is 22.7 Å². The monoisotopic (exact) mass is 362 g/mol. The smallest absolute Gasteiger partial charge is 0.143 e. The van der Waals surface area contributed by atoms with Gasteiger partial charge in [-0.2, -0.15) is 0 Å². The first kappa shape index (κ1) is 14.1. The highest BCUT2D eigenvalue weighted by Crippen LogP contribution is 2.23. The number of imidazole rings is 1. The van der Waals surface area contributed by atoms with Gasteiger partial charge in [-0.1, -0.05) is 23.7 Å². The van der Waals surface area contributed by atoms with Gasteiger partial charge in [0.1, 0.15) is 5.15 Å². The minimum Gasteiger partial charge on any atom is -0.380 e. The van der Waals surface area contributed by atoms with E-state index in [0.29, 0.717) is 5.15 Å². The van der Waals surface area contributed by atoms with Crippen molar-refractivity contribution in [2.24, 2.45) is 0 Å². The van der Waals surface area contributed by atoms with E-state index < -0.39 is 0 Å². The second-order valence-corrected chi connectivity index (χ2v) is 5.70. The molecule has 1 N–H and O–H groups in total. The van der Waals surface area contributed by atoms with Crippen LogP contribution in [-0.4, -0.2) is 14.5 Å². The Labute approximate surface area is 135 Å². The van der Waals surface area contributed by atoms with Gasteiger partial charge in [0.15, 0.2) is 0 Å². The molecule has 0 amide bonds. The lowest BCUT2D eigenvalue weighted by Crippen LogP contribution is -2.00. The van der Waals surface area contributed by atoms with Crippen molar-refractivity contribution in [3.63, 3.8) is 0 Å². The van der Waals surface area contributed by atoms with Gasteiger partial charge in [-0.3, -0.25) is 0 Å².